The molecule has 0 atom stereocenters. The molecule has 6 rings (SSSR count). The fourth-order valence-corrected chi connectivity index (χ4v) is 4.59. The zero-order valence-electron chi connectivity index (χ0n) is 18.9. The normalized spacial score (nSPS) is 11.2. The first-order valence-electron chi connectivity index (χ1n) is 11.4. The van der Waals surface area contributed by atoms with Crippen LogP contribution in [0.25, 0.3) is 55.7 Å². The number of aryl methyl sites for hydroxylation is 1. The minimum atomic E-state index is -0.275. The van der Waals surface area contributed by atoms with Crippen LogP contribution in [0.5, 0.6) is 0 Å². The van der Waals surface area contributed by atoms with E-state index >= 15 is 0 Å². The summed E-state index contributed by atoms with van der Waals surface area (Å²) in [5.74, 6) is 0.681. The van der Waals surface area contributed by atoms with Gasteiger partial charge in [0.25, 0.3) is 0 Å². The van der Waals surface area contributed by atoms with E-state index in [-0.39, 0.29) is 22.0 Å². The number of fused-ring (bicyclic) bond motifs is 2. The molecule has 0 spiro atoms. The van der Waals surface area contributed by atoms with Crippen molar-refractivity contribution < 1.29 is 8.83 Å². The van der Waals surface area contributed by atoms with Crippen LogP contribution in [0.15, 0.2) is 122 Å². The van der Waals surface area contributed by atoms with Crippen LogP contribution in [0.1, 0.15) is 5.56 Å². The molecule has 0 saturated carbocycles. The van der Waals surface area contributed by atoms with Crippen LogP contribution >= 0.6 is 0 Å². The summed E-state index contributed by atoms with van der Waals surface area (Å²) in [7, 11) is 0. The molecule has 0 saturated heterocycles. The number of benzene rings is 4. The Balaban J connectivity index is 1.85. The molecule has 4 aromatic carbocycles. The molecule has 0 unspecified atom stereocenters. The van der Waals surface area contributed by atoms with Crippen molar-refractivity contribution in [2.24, 2.45) is 0 Å². The molecule has 0 aliphatic carbocycles. The highest BCUT2D eigenvalue weighted by Crippen LogP contribution is 2.38. The summed E-state index contributed by atoms with van der Waals surface area (Å²) in [5.41, 5.74) is 2.99. The Hall–Kier alpha value is -4.70. The summed E-state index contributed by atoms with van der Waals surface area (Å²) < 4.78 is 12.7. The average Bonchev–Trinajstić information content (AvgIpc) is 2.90. The molecule has 168 valence electrons. The average molecular weight is 456 g/mol. The molecule has 4 heteroatoms. The minimum Gasteiger partial charge on any atom is -0.455 e. The summed E-state index contributed by atoms with van der Waals surface area (Å²) in [6, 6.07) is 31.4. The van der Waals surface area contributed by atoms with E-state index in [9.17, 15) is 9.59 Å². The quantitative estimate of drug-likeness (QED) is 0.282. The molecule has 0 aliphatic heterocycles. The van der Waals surface area contributed by atoms with E-state index in [0.717, 1.165) is 5.56 Å². The van der Waals surface area contributed by atoms with Gasteiger partial charge in [-0.2, -0.15) is 0 Å². The maximum atomic E-state index is 14.2. The molecular weight excluding hydrogens is 436 g/mol. The third kappa shape index (κ3) is 3.39. The fourth-order valence-electron chi connectivity index (χ4n) is 4.59. The first kappa shape index (κ1) is 20.9. The first-order chi connectivity index (χ1) is 17.1. The minimum absolute atomic E-state index is 0.202. The van der Waals surface area contributed by atoms with Gasteiger partial charge in [0.15, 0.2) is 0 Å². The molecule has 0 aliphatic rings. The van der Waals surface area contributed by atoms with E-state index in [4.69, 9.17) is 8.83 Å². The maximum Gasteiger partial charge on any atom is 0.201 e. The molecular formula is C31H20O4. The van der Waals surface area contributed by atoms with Gasteiger partial charge in [-0.1, -0.05) is 84.9 Å². The molecule has 0 radical (unpaired) electrons. The highest BCUT2D eigenvalue weighted by Gasteiger charge is 2.26. The van der Waals surface area contributed by atoms with E-state index in [1.54, 1.807) is 24.3 Å². The SMILES string of the molecule is Cc1cccc2oc(-c3ccccc3)c(-c3c(-c4ccccc4)oc4ccccc4c3=O)c(=O)c12. The van der Waals surface area contributed by atoms with Crippen molar-refractivity contribution in [2.75, 3.05) is 0 Å². The van der Waals surface area contributed by atoms with Gasteiger partial charge >= 0.3 is 0 Å². The van der Waals surface area contributed by atoms with Gasteiger partial charge in [0.2, 0.25) is 10.9 Å². The lowest BCUT2D eigenvalue weighted by molar-refractivity contribution is 0.612. The predicted molar refractivity (Wildman–Crippen MR) is 140 cm³/mol. The van der Waals surface area contributed by atoms with Crippen LogP contribution in [0.4, 0.5) is 0 Å². The van der Waals surface area contributed by atoms with E-state index in [1.165, 1.54) is 0 Å². The van der Waals surface area contributed by atoms with Crippen LogP contribution in [0.3, 0.4) is 0 Å². The molecule has 2 aromatic heterocycles. The Bertz CT molecular complexity index is 1830. The lowest BCUT2D eigenvalue weighted by atomic mass is 9.93. The van der Waals surface area contributed by atoms with Crippen LogP contribution in [0, 0.1) is 6.92 Å². The van der Waals surface area contributed by atoms with Crippen LogP contribution < -0.4 is 10.9 Å². The largest absolute Gasteiger partial charge is 0.455 e. The zero-order valence-corrected chi connectivity index (χ0v) is 18.9. The summed E-state index contributed by atoms with van der Waals surface area (Å²) in [5, 5.41) is 0.860. The van der Waals surface area contributed by atoms with E-state index in [1.807, 2.05) is 85.8 Å². The summed E-state index contributed by atoms with van der Waals surface area (Å²) in [6.45, 7) is 1.87. The van der Waals surface area contributed by atoms with Crippen LogP contribution in [0.2, 0.25) is 0 Å². The zero-order chi connectivity index (χ0) is 23.9. The molecule has 35 heavy (non-hydrogen) atoms. The molecule has 6 aromatic rings. The van der Waals surface area contributed by atoms with Gasteiger partial charge in [0.05, 0.1) is 21.9 Å². The van der Waals surface area contributed by atoms with Crippen LogP contribution in [-0.4, -0.2) is 0 Å². The van der Waals surface area contributed by atoms with Crippen molar-refractivity contribution in [3.63, 3.8) is 0 Å². The topological polar surface area (TPSA) is 60.4 Å². The highest BCUT2D eigenvalue weighted by molar-refractivity contribution is 5.96. The third-order valence-corrected chi connectivity index (χ3v) is 6.25. The molecule has 0 fully saturated rings. The predicted octanol–water partition coefficient (Wildman–Crippen LogP) is 7.21. The van der Waals surface area contributed by atoms with Crippen molar-refractivity contribution in [3.05, 3.63) is 129 Å². The summed E-state index contributed by atoms with van der Waals surface area (Å²) in [4.78, 5) is 28.2. The Kier molecular flexibility index (Phi) is 4.93. The van der Waals surface area contributed by atoms with Crippen LogP contribution in [-0.2, 0) is 0 Å². The van der Waals surface area contributed by atoms with Crippen molar-refractivity contribution in [2.45, 2.75) is 6.92 Å². The molecule has 0 N–H and O–H groups in total. The fraction of sp³-hybridized carbons (Fsp3) is 0.0323. The Morgan fingerprint density at radius 1 is 0.514 bits per heavy atom. The summed E-state index contributed by atoms with van der Waals surface area (Å²) >= 11 is 0. The second-order valence-electron chi connectivity index (χ2n) is 8.45. The standard InChI is InChI=1S/C31H20O4/c1-19-11-10-18-24-25(19)29(33)27(31(35-24)21-14-6-3-7-15-21)26-28(32)22-16-8-9-17-23(22)34-30(26)20-12-4-2-5-13-20/h2-18H,1H3. The number of para-hydroxylation sites is 1. The van der Waals surface area contributed by atoms with Crippen molar-refractivity contribution in [1.29, 1.82) is 0 Å². The molecule has 0 bridgehead atoms. The lowest BCUT2D eigenvalue weighted by Gasteiger charge is -2.15. The lowest BCUT2D eigenvalue weighted by Crippen LogP contribution is -2.16. The van der Waals surface area contributed by atoms with Crippen molar-refractivity contribution >= 4 is 21.9 Å². The van der Waals surface area contributed by atoms with Gasteiger partial charge < -0.3 is 8.83 Å². The maximum absolute atomic E-state index is 14.2. The van der Waals surface area contributed by atoms with Gasteiger partial charge in [-0.25, -0.2) is 0 Å². The van der Waals surface area contributed by atoms with Gasteiger partial charge in [-0.05, 0) is 30.7 Å². The van der Waals surface area contributed by atoms with Gasteiger partial charge in [-0.3, -0.25) is 9.59 Å². The summed E-state index contributed by atoms with van der Waals surface area (Å²) in [6.07, 6.45) is 0. The monoisotopic (exact) mass is 456 g/mol. The Morgan fingerprint density at radius 2 is 1.03 bits per heavy atom. The molecule has 2 heterocycles. The molecule has 0 amide bonds. The van der Waals surface area contributed by atoms with Gasteiger partial charge in [-0.15, -0.1) is 0 Å². The Labute approximate surface area is 200 Å². The second-order valence-corrected chi connectivity index (χ2v) is 8.45. The Morgan fingerprint density at radius 3 is 1.69 bits per heavy atom. The third-order valence-electron chi connectivity index (χ3n) is 6.25. The number of hydrogen-bond donors (Lipinski definition) is 0. The highest BCUT2D eigenvalue weighted by atomic mass is 16.3. The van der Waals surface area contributed by atoms with Crippen molar-refractivity contribution in [3.8, 4) is 33.8 Å². The molecule has 4 nitrogen and oxygen atoms in total. The van der Waals surface area contributed by atoms with E-state index < -0.39 is 0 Å². The smallest absolute Gasteiger partial charge is 0.201 e. The van der Waals surface area contributed by atoms with E-state index in [2.05, 4.69) is 0 Å². The second kappa shape index (κ2) is 8.26. The number of rotatable bonds is 3. The first-order valence-corrected chi connectivity index (χ1v) is 11.4. The van der Waals surface area contributed by atoms with Crippen molar-refractivity contribution in [1.82, 2.24) is 0 Å². The van der Waals surface area contributed by atoms with Gasteiger partial charge in [0, 0.05) is 11.1 Å². The number of hydrogen-bond acceptors (Lipinski definition) is 4. The van der Waals surface area contributed by atoms with Gasteiger partial charge in [0.1, 0.15) is 22.7 Å². The van der Waals surface area contributed by atoms with E-state index in [0.29, 0.717) is 44.6 Å².